The van der Waals surface area contributed by atoms with Crippen molar-refractivity contribution in [2.75, 3.05) is 18.5 Å². The largest absolute Gasteiger partial charge is 0.369 e. The third-order valence-corrected chi connectivity index (χ3v) is 2.95. The smallest absolute Gasteiger partial charge is 0.250 e. The lowest BCUT2D eigenvalue weighted by Crippen LogP contribution is -2.24. The first kappa shape index (κ1) is 16.7. The van der Waals surface area contributed by atoms with Gasteiger partial charge in [-0.05, 0) is 45.4 Å². The molecule has 2 N–H and O–H groups in total. The molecule has 0 aromatic heterocycles. The Balaban J connectivity index is 2.67. The summed E-state index contributed by atoms with van der Waals surface area (Å²) in [6.45, 7) is 9.11. The molecule has 0 spiro atoms. The van der Waals surface area contributed by atoms with Gasteiger partial charge in [0.15, 0.2) is 0 Å². The van der Waals surface area contributed by atoms with Crippen molar-refractivity contribution in [2.45, 2.75) is 46.3 Å². The zero-order valence-electron chi connectivity index (χ0n) is 12.9. The van der Waals surface area contributed by atoms with Crippen molar-refractivity contribution < 1.29 is 9.53 Å². The summed E-state index contributed by atoms with van der Waals surface area (Å²) in [5.74, 6) is -0.117. The average Bonchev–Trinajstić information content (AvgIpc) is 2.43. The molecule has 0 bridgehead atoms. The van der Waals surface area contributed by atoms with E-state index in [0.717, 1.165) is 24.2 Å². The third kappa shape index (κ3) is 5.72. The van der Waals surface area contributed by atoms with E-state index in [0.29, 0.717) is 0 Å². The maximum atomic E-state index is 11.8. The minimum absolute atomic E-state index is 0.0566. The molecule has 0 aliphatic rings. The lowest BCUT2D eigenvalue weighted by Gasteiger charge is -2.18. The normalized spacial score (nSPS) is 12.4. The lowest BCUT2D eigenvalue weighted by molar-refractivity contribution is -0.121. The van der Waals surface area contributed by atoms with Crippen LogP contribution in [0.2, 0.25) is 0 Å². The van der Waals surface area contributed by atoms with Gasteiger partial charge in [-0.25, -0.2) is 0 Å². The molecule has 0 heterocycles. The number of ether oxygens (including phenoxy) is 1. The van der Waals surface area contributed by atoms with Gasteiger partial charge in [-0.1, -0.05) is 25.1 Å². The predicted molar refractivity (Wildman–Crippen MR) is 82.9 cm³/mol. The Hall–Kier alpha value is -1.39. The van der Waals surface area contributed by atoms with Crippen LogP contribution in [0.5, 0.6) is 0 Å². The standard InChI is InChI=1S/C16H26N2O2/c1-5-10-17-13(4)14-8-6-7-9-15(14)18-16(19)11-20-12(2)3/h6-9,12-13,17H,5,10-11H2,1-4H3,(H,18,19). The number of nitrogens with one attached hydrogen (secondary N) is 2. The molecule has 0 saturated carbocycles. The first-order valence-corrected chi connectivity index (χ1v) is 7.28. The summed E-state index contributed by atoms with van der Waals surface area (Å²) in [5, 5.41) is 6.35. The number of hydrogen-bond acceptors (Lipinski definition) is 3. The van der Waals surface area contributed by atoms with Gasteiger partial charge >= 0.3 is 0 Å². The number of benzene rings is 1. The Morgan fingerprint density at radius 1 is 1.25 bits per heavy atom. The van der Waals surface area contributed by atoms with Crippen molar-refractivity contribution in [1.29, 1.82) is 0 Å². The third-order valence-electron chi connectivity index (χ3n) is 2.95. The molecule has 4 heteroatoms. The van der Waals surface area contributed by atoms with Gasteiger partial charge in [0.05, 0.1) is 6.10 Å². The first-order chi connectivity index (χ1) is 9.54. The number of amides is 1. The second-order valence-electron chi connectivity index (χ2n) is 5.17. The molecule has 1 rings (SSSR count). The lowest BCUT2D eigenvalue weighted by atomic mass is 10.1. The van der Waals surface area contributed by atoms with Gasteiger partial charge in [0.25, 0.3) is 0 Å². The number of rotatable bonds is 8. The van der Waals surface area contributed by atoms with Crippen LogP contribution in [0.1, 0.15) is 45.7 Å². The summed E-state index contributed by atoms with van der Waals surface area (Å²) in [6.07, 6.45) is 1.14. The van der Waals surface area contributed by atoms with Crippen molar-refractivity contribution in [3.8, 4) is 0 Å². The van der Waals surface area contributed by atoms with Gasteiger partial charge in [-0.3, -0.25) is 4.79 Å². The van der Waals surface area contributed by atoms with Crippen LogP contribution < -0.4 is 10.6 Å². The molecular formula is C16H26N2O2. The molecule has 1 aromatic rings. The minimum Gasteiger partial charge on any atom is -0.369 e. The molecule has 112 valence electrons. The number of para-hydroxylation sites is 1. The van der Waals surface area contributed by atoms with Crippen LogP contribution in [-0.2, 0) is 9.53 Å². The molecule has 0 fully saturated rings. The molecule has 0 aliphatic heterocycles. The molecule has 1 unspecified atom stereocenters. The van der Waals surface area contributed by atoms with Gasteiger partial charge in [0.1, 0.15) is 6.61 Å². The maximum Gasteiger partial charge on any atom is 0.250 e. The van der Waals surface area contributed by atoms with E-state index in [1.807, 2.05) is 38.1 Å². The second kappa shape index (κ2) is 8.72. The zero-order valence-corrected chi connectivity index (χ0v) is 12.9. The van der Waals surface area contributed by atoms with E-state index >= 15 is 0 Å². The molecule has 20 heavy (non-hydrogen) atoms. The summed E-state index contributed by atoms with van der Waals surface area (Å²) in [5.41, 5.74) is 1.94. The Kier molecular flexibility index (Phi) is 7.26. The Bertz CT molecular complexity index is 419. The Morgan fingerprint density at radius 3 is 2.60 bits per heavy atom. The predicted octanol–water partition coefficient (Wildman–Crippen LogP) is 3.11. The van der Waals surface area contributed by atoms with Crippen LogP contribution in [0.15, 0.2) is 24.3 Å². The Labute approximate surface area is 121 Å². The van der Waals surface area contributed by atoms with E-state index in [9.17, 15) is 4.79 Å². The van der Waals surface area contributed by atoms with Crippen LogP contribution in [-0.4, -0.2) is 25.2 Å². The summed E-state index contributed by atoms with van der Waals surface area (Å²) in [4.78, 5) is 11.8. The number of anilines is 1. The van der Waals surface area contributed by atoms with Gasteiger partial charge in [-0.15, -0.1) is 0 Å². The summed E-state index contributed by atoms with van der Waals surface area (Å²) < 4.78 is 5.31. The van der Waals surface area contributed by atoms with E-state index < -0.39 is 0 Å². The summed E-state index contributed by atoms with van der Waals surface area (Å²) in [6, 6.07) is 8.07. The zero-order chi connectivity index (χ0) is 15.0. The molecule has 0 radical (unpaired) electrons. The number of hydrogen-bond donors (Lipinski definition) is 2. The fourth-order valence-corrected chi connectivity index (χ4v) is 1.89. The molecule has 0 saturated heterocycles. The molecule has 1 amide bonds. The Morgan fingerprint density at radius 2 is 1.95 bits per heavy atom. The molecular weight excluding hydrogens is 252 g/mol. The molecule has 1 aromatic carbocycles. The van der Waals surface area contributed by atoms with Crippen molar-refractivity contribution in [1.82, 2.24) is 5.32 Å². The van der Waals surface area contributed by atoms with Crippen LogP contribution in [0.4, 0.5) is 5.69 Å². The van der Waals surface area contributed by atoms with Gasteiger partial charge in [0, 0.05) is 11.7 Å². The highest BCUT2D eigenvalue weighted by Crippen LogP contribution is 2.22. The average molecular weight is 278 g/mol. The fraction of sp³-hybridized carbons (Fsp3) is 0.562. The topological polar surface area (TPSA) is 50.4 Å². The van der Waals surface area contributed by atoms with Crippen molar-refractivity contribution in [3.63, 3.8) is 0 Å². The molecule has 4 nitrogen and oxygen atoms in total. The fourth-order valence-electron chi connectivity index (χ4n) is 1.89. The van der Waals surface area contributed by atoms with Crippen LogP contribution in [0.3, 0.4) is 0 Å². The van der Waals surface area contributed by atoms with Crippen molar-refractivity contribution >= 4 is 11.6 Å². The summed E-state index contributed by atoms with van der Waals surface area (Å²) >= 11 is 0. The van der Waals surface area contributed by atoms with Crippen LogP contribution in [0.25, 0.3) is 0 Å². The van der Waals surface area contributed by atoms with Crippen LogP contribution in [0, 0.1) is 0 Å². The monoisotopic (exact) mass is 278 g/mol. The minimum atomic E-state index is -0.117. The van der Waals surface area contributed by atoms with Gasteiger partial charge in [-0.2, -0.15) is 0 Å². The first-order valence-electron chi connectivity index (χ1n) is 7.28. The quantitative estimate of drug-likeness (QED) is 0.768. The van der Waals surface area contributed by atoms with E-state index in [4.69, 9.17) is 4.74 Å². The van der Waals surface area contributed by atoms with Gasteiger partial charge < -0.3 is 15.4 Å². The maximum absolute atomic E-state index is 11.8. The number of carbonyl (C=O) groups is 1. The highest BCUT2D eigenvalue weighted by Gasteiger charge is 2.12. The highest BCUT2D eigenvalue weighted by molar-refractivity contribution is 5.92. The van der Waals surface area contributed by atoms with Crippen LogP contribution >= 0.6 is 0 Å². The molecule has 0 aliphatic carbocycles. The number of carbonyl (C=O) groups excluding carboxylic acids is 1. The van der Waals surface area contributed by atoms with Crippen molar-refractivity contribution in [2.24, 2.45) is 0 Å². The SMILES string of the molecule is CCCNC(C)c1ccccc1NC(=O)COC(C)C. The van der Waals surface area contributed by atoms with E-state index in [2.05, 4.69) is 24.5 Å². The van der Waals surface area contributed by atoms with E-state index in [-0.39, 0.29) is 24.7 Å². The molecule has 1 atom stereocenters. The van der Waals surface area contributed by atoms with Gasteiger partial charge in [0.2, 0.25) is 5.91 Å². The second-order valence-corrected chi connectivity index (χ2v) is 5.17. The van der Waals surface area contributed by atoms with E-state index in [1.165, 1.54) is 0 Å². The van der Waals surface area contributed by atoms with Crippen molar-refractivity contribution in [3.05, 3.63) is 29.8 Å². The summed E-state index contributed by atoms with van der Waals surface area (Å²) in [7, 11) is 0. The highest BCUT2D eigenvalue weighted by atomic mass is 16.5. The van der Waals surface area contributed by atoms with E-state index in [1.54, 1.807) is 0 Å².